The van der Waals surface area contributed by atoms with Crippen LogP contribution < -0.4 is 5.32 Å². The van der Waals surface area contributed by atoms with Crippen LogP contribution in [0.5, 0.6) is 0 Å². The largest absolute Gasteiger partial charge is 0.444 e. The number of alkyl carbamates (subject to hydrolysis) is 1. The highest BCUT2D eigenvalue weighted by Gasteiger charge is 2.27. The van der Waals surface area contributed by atoms with Crippen LogP contribution in [0.1, 0.15) is 58.2 Å². The summed E-state index contributed by atoms with van der Waals surface area (Å²) in [6.45, 7) is 5.60. The van der Waals surface area contributed by atoms with Crippen LogP contribution in [0.15, 0.2) is 6.33 Å². The zero-order valence-corrected chi connectivity index (χ0v) is 11.8. The van der Waals surface area contributed by atoms with E-state index in [9.17, 15) is 4.79 Å². The molecule has 2 N–H and O–H groups in total. The summed E-state index contributed by atoms with van der Waals surface area (Å²) in [5, 5.41) is 10.8. The fraction of sp³-hybridized carbons (Fsp3) is 0.769. The quantitative estimate of drug-likeness (QED) is 0.861. The van der Waals surface area contributed by atoms with Gasteiger partial charge in [-0.3, -0.25) is 0 Å². The van der Waals surface area contributed by atoms with Gasteiger partial charge in [-0.25, -0.2) is 4.79 Å². The number of carbonyl (C=O) groups excluding carboxylic acids is 1. The van der Waals surface area contributed by atoms with Crippen molar-refractivity contribution in [3.63, 3.8) is 0 Å². The molecule has 1 fully saturated rings. The number of carbonyl (C=O) groups is 1. The molecule has 0 unspecified atom stereocenters. The summed E-state index contributed by atoms with van der Waals surface area (Å²) in [4.78, 5) is 14.8. The zero-order valence-electron chi connectivity index (χ0n) is 11.8. The number of aromatic nitrogens is 3. The molecule has 2 rings (SSSR count). The molecule has 0 aliphatic heterocycles. The second-order valence-electron chi connectivity index (χ2n) is 6.08. The van der Waals surface area contributed by atoms with Gasteiger partial charge >= 0.3 is 6.09 Å². The van der Waals surface area contributed by atoms with Gasteiger partial charge in [0.1, 0.15) is 17.8 Å². The maximum Gasteiger partial charge on any atom is 0.407 e. The van der Waals surface area contributed by atoms with Gasteiger partial charge in [0.05, 0.1) is 0 Å². The summed E-state index contributed by atoms with van der Waals surface area (Å²) in [7, 11) is 0. The lowest BCUT2D eigenvalue weighted by Crippen LogP contribution is -2.41. The first kappa shape index (κ1) is 13.8. The highest BCUT2D eigenvalue weighted by molar-refractivity contribution is 5.68. The fourth-order valence-electron chi connectivity index (χ4n) is 2.46. The van der Waals surface area contributed by atoms with E-state index in [0.717, 1.165) is 31.5 Å². The summed E-state index contributed by atoms with van der Waals surface area (Å²) < 4.78 is 5.28. The summed E-state index contributed by atoms with van der Waals surface area (Å²) in [6.07, 6.45) is 5.29. The summed E-state index contributed by atoms with van der Waals surface area (Å²) in [5.41, 5.74) is -0.455. The van der Waals surface area contributed by atoms with Gasteiger partial charge in [0.15, 0.2) is 0 Å². The lowest BCUT2D eigenvalue weighted by Gasteiger charge is -2.29. The Morgan fingerprint density at radius 2 is 2.26 bits per heavy atom. The van der Waals surface area contributed by atoms with Crippen molar-refractivity contribution in [3.05, 3.63) is 12.2 Å². The second kappa shape index (κ2) is 5.59. The van der Waals surface area contributed by atoms with Gasteiger partial charge in [-0.15, -0.1) is 10.2 Å². The molecule has 19 heavy (non-hydrogen) atoms. The molecule has 1 heterocycles. The summed E-state index contributed by atoms with van der Waals surface area (Å²) >= 11 is 0. The van der Waals surface area contributed by atoms with Gasteiger partial charge in [0, 0.05) is 12.0 Å². The van der Waals surface area contributed by atoms with Gasteiger partial charge in [-0.1, -0.05) is 6.42 Å². The van der Waals surface area contributed by atoms with Crippen molar-refractivity contribution in [1.29, 1.82) is 0 Å². The summed E-state index contributed by atoms with van der Waals surface area (Å²) in [6, 6.07) is 0.152. The molecule has 0 spiro atoms. The monoisotopic (exact) mass is 266 g/mol. The number of nitrogens with one attached hydrogen (secondary N) is 2. The Hall–Kier alpha value is -1.59. The van der Waals surface area contributed by atoms with E-state index in [4.69, 9.17) is 4.74 Å². The van der Waals surface area contributed by atoms with E-state index in [2.05, 4.69) is 20.5 Å². The maximum atomic E-state index is 11.8. The van der Waals surface area contributed by atoms with Crippen molar-refractivity contribution in [2.75, 3.05) is 0 Å². The van der Waals surface area contributed by atoms with E-state index in [-0.39, 0.29) is 12.1 Å². The standard InChI is InChI=1S/C13H22N4O2/c1-13(2,3)19-12(18)16-10-6-4-5-9(7-10)11-14-8-15-17-11/h8-10H,4-7H2,1-3H3,(H,16,18)(H,14,15,17)/t9-,10+/m0/s1. The molecule has 0 aromatic carbocycles. The van der Waals surface area contributed by atoms with Crippen molar-refractivity contribution in [2.24, 2.45) is 0 Å². The SMILES string of the molecule is CC(C)(C)OC(=O)N[C@@H]1CCC[C@H](c2nnc[nH]2)C1. The topological polar surface area (TPSA) is 79.9 Å². The number of ether oxygens (including phenoxy) is 1. The van der Waals surface area contributed by atoms with Crippen LogP contribution in [0.2, 0.25) is 0 Å². The Balaban J connectivity index is 1.86. The lowest BCUT2D eigenvalue weighted by atomic mass is 9.85. The fourth-order valence-corrected chi connectivity index (χ4v) is 2.46. The molecule has 1 aliphatic rings. The second-order valence-corrected chi connectivity index (χ2v) is 6.08. The molecular weight excluding hydrogens is 244 g/mol. The summed E-state index contributed by atoms with van der Waals surface area (Å²) in [5.74, 6) is 1.26. The third-order valence-corrected chi connectivity index (χ3v) is 3.22. The molecule has 6 heteroatoms. The van der Waals surface area contributed by atoms with Crippen molar-refractivity contribution < 1.29 is 9.53 Å². The van der Waals surface area contributed by atoms with Gasteiger partial charge in [-0.2, -0.15) is 0 Å². The third kappa shape index (κ3) is 4.22. The van der Waals surface area contributed by atoms with Crippen LogP contribution in [0, 0.1) is 0 Å². The van der Waals surface area contributed by atoms with Crippen LogP contribution >= 0.6 is 0 Å². The van der Waals surface area contributed by atoms with E-state index in [1.165, 1.54) is 0 Å². The number of hydrogen-bond acceptors (Lipinski definition) is 4. The molecule has 1 aliphatic carbocycles. The highest BCUT2D eigenvalue weighted by Crippen LogP contribution is 2.30. The Labute approximate surface area is 113 Å². The molecule has 1 saturated carbocycles. The molecule has 6 nitrogen and oxygen atoms in total. The first-order chi connectivity index (χ1) is 8.94. The zero-order chi connectivity index (χ0) is 13.9. The minimum atomic E-state index is -0.455. The molecule has 106 valence electrons. The molecular formula is C13H22N4O2. The minimum Gasteiger partial charge on any atom is -0.444 e. The maximum absolute atomic E-state index is 11.8. The third-order valence-electron chi connectivity index (χ3n) is 3.22. The number of nitrogens with zero attached hydrogens (tertiary/aromatic N) is 2. The first-order valence-electron chi connectivity index (χ1n) is 6.79. The molecule has 1 aromatic rings. The van der Waals surface area contributed by atoms with Gasteiger partial charge in [0.2, 0.25) is 0 Å². The first-order valence-corrected chi connectivity index (χ1v) is 6.79. The van der Waals surface area contributed by atoms with E-state index in [1.807, 2.05) is 20.8 Å². The predicted molar refractivity (Wildman–Crippen MR) is 70.7 cm³/mol. The van der Waals surface area contributed by atoms with Crippen LogP contribution in [-0.4, -0.2) is 32.9 Å². The Kier molecular flexibility index (Phi) is 4.07. The van der Waals surface area contributed by atoms with Crippen molar-refractivity contribution in [3.8, 4) is 0 Å². The molecule has 0 bridgehead atoms. The van der Waals surface area contributed by atoms with Crippen LogP contribution in [0.25, 0.3) is 0 Å². The Morgan fingerprint density at radius 1 is 1.47 bits per heavy atom. The lowest BCUT2D eigenvalue weighted by molar-refractivity contribution is 0.0490. The van der Waals surface area contributed by atoms with E-state index in [0.29, 0.717) is 5.92 Å². The van der Waals surface area contributed by atoms with Crippen LogP contribution in [-0.2, 0) is 4.74 Å². The number of amides is 1. The van der Waals surface area contributed by atoms with Gasteiger partial charge < -0.3 is 15.0 Å². The molecule has 2 atom stereocenters. The Morgan fingerprint density at radius 3 is 2.89 bits per heavy atom. The smallest absolute Gasteiger partial charge is 0.407 e. The van der Waals surface area contributed by atoms with Crippen LogP contribution in [0.3, 0.4) is 0 Å². The number of H-pyrrole nitrogens is 1. The molecule has 1 amide bonds. The van der Waals surface area contributed by atoms with Crippen molar-refractivity contribution in [2.45, 2.75) is 64.0 Å². The van der Waals surface area contributed by atoms with E-state index >= 15 is 0 Å². The molecule has 0 saturated heterocycles. The highest BCUT2D eigenvalue weighted by atomic mass is 16.6. The van der Waals surface area contributed by atoms with Crippen molar-refractivity contribution >= 4 is 6.09 Å². The number of aromatic amines is 1. The average Bonchev–Trinajstić information content (AvgIpc) is 2.79. The van der Waals surface area contributed by atoms with Gasteiger partial charge in [-0.05, 0) is 40.0 Å². The molecule has 0 radical (unpaired) electrons. The Bertz CT molecular complexity index is 411. The van der Waals surface area contributed by atoms with E-state index in [1.54, 1.807) is 6.33 Å². The van der Waals surface area contributed by atoms with Crippen molar-refractivity contribution in [1.82, 2.24) is 20.5 Å². The predicted octanol–water partition coefficient (Wildman–Crippen LogP) is 2.36. The minimum absolute atomic E-state index is 0.152. The number of rotatable bonds is 2. The van der Waals surface area contributed by atoms with Gasteiger partial charge in [0.25, 0.3) is 0 Å². The van der Waals surface area contributed by atoms with E-state index < -0.39 is 5.60 Å². The van der Waals surface area contributed by atoms with Crippen LogP contribution in [0.4, 0.5) is 4.79 Å². The molecule has 1 aromatic heterocycles. The number of hydrogen-bond donors (Lipinski definition) is 2. The normalized spacial score (nSPS) is 23.9. The average molecular weight is 266 g/mol.